The standard InChI is InChI=1S/C25H24F3N5O/c1-31(16-22-13-30-17-33(22)14-19-7-5-18(12-29)6-8-19)23-9-10-32(24(23)34)15-20-3-2-4-21(11-20)25(26,27)28/h2-8,11,13,17,23H,9-10,14-16H2,1H3/t23-/m1/s1. The molecule has 9 heteroatoms. The van der Waals surface area contributed by atoms with Crippen LogP contribution < -0.4 is 0 Å². The molecule has 0 aliphatic carbocycles. The van der Waals surface area contributed by atoms with Gasteiger partial charge in [0.05, 0.1) is 35.3 Å². The Labute approximate surface area is 195 Å². The van der Waals surface area contributed by atoms with Gasteiger partial charge in [0.2, 0.25) is 5.91 Å². The number of aromatic nitrogens is 2. The van der Waals surface area contributed by atoms with Crippen molar-refractivity contribution in [2.24, 2.45) is 0 Å². The SMILES string of the molecule is CN(Cc1cncn1Cc1ccc(C#N)cc1)[C@@H]1CCN(Cc2cccc(C(F)(F)F)c2)C1=O. The number of nitrogens with zero attached hydrogens (tertiary/aromatic N) is 5. The van der Waals surface area contributed by atoms with Gasteiger partial charge in [-0.1, -0.05) is 24.3 Å². The highest BCUT2D eigenvalue weighted by atomic mass is 19.4. The molecule has 1 aliphatic rings. The first-order chi connectivity index (χ1) is 16.2. The predicted molar refractivity (Wildman–Crippen MR) is 119 cm³/mol. The van der Waals surface area contributed by atoms with Crippen molar-refractivity contribution in [2.45, 2.75) is 38.3 Å². The monoisotopic (exact) mass is 467 g/mol. The van der Waals surface area contributed by atoms with E-state index in [0.29, 0.717) is 37.2 Å². The van der Waals surface area contributed by atoms with Crippen LogP contribution in [0, 0.1) is 11.3 Å². The number of benzene rings is 2. The minimum atomic E-state index is -4.41. The molecule has 1 fully saturated rings. The van der Waals surface area contributed by atoms with Gasteiger partial charge in [0, 0.05) is 32.4 Å². The second-order valence-corrected chi connectivity index (χ2v) is 8.50. The maximum Gasteiger partial charge on any atom is 0.416 e. The zero-order valence-corrected chi connectivity index (χ0v) is 18.7. The Kier molecular flexibility index (Phi) is 6.70. The second-order valence-electron chi connectivity index (χ2n) is 8.50. The number of hydrogen-bond donors (Lipinski definition) is 0. The minimum absolute atomic E-state index is 0.0851. The van der Waals surface area contributed by atoms with Gasteiger partial charge in [-0.05, 0) is 48.9 Å². The van der Waals surface area contributed by atoms with Crippen molar-refractivity contribution < 1.29 is 18.0 Å². The van der Waals surface area contributed by atoms with Crippen molar-refractivity contribution in [3.05, 3.63) is 89.0 Å². The van der Waals surface area contributed by atoms with Crippen LogP contribution in [-0.2, 0) is 30.6 Å². The molecule has 2 aromatic carbocycles. The smallest absolute Gasteiger partial charge is 0.337 e. The number of hydrogen-bond acceptors (Lipinski definition) is 4. The number of likely N-dealkylation sites (N-methyl/N-ethyl adjacent to an activating group) is 1. The van der Waals surface area contributed by atoms with Crippen LogP contribution in [0.2, 0.25) is 0 Å². The quantitative estimate of drug-likeness (QED) is 0.526. The van der Waals surface area contributed by atoms with E-state index in [1.165, 1.54) is 6.07 Å². The van der Waals surface area contributed by atoms with Gasteiger partial charge in [-0.15, -0.1) is 0 Å². The van der Waals surface area contributed by atoms with E-state index in [9.17, 15) is 18.0 Å². The molecule has 1 saturated heterocycles. The number of alkyl halides is 3. The molecule has 0 bridgehead atoms. The normalized spacial score (nSPS) is 16.3. The van der Waals surface area contributed by atoms with E-state index in [4.69, 9.17) is 5.26 Å². The Balaban J connectivity index is 1.38. The fourth-order valence-corrected chi connectivity index (χ4v) is 4.22. The first kappa shape index (κ1) is 23.5. The molecule has 34 heavy (non-hydrogen) atoms. The van der Waals surface area contributed by atoms with Gasteiger partial charge in [0.25, 0.3) is 0 Å². The summed E-state index contributed by atoms with van der Waals surface area (Å²) < 4.78 is 41.0. The molecule has 1 atom stereocenters. The van der Waals surface area contributed by atoms with Gasteiger partial charge in [-0.3, -0.25) is 9.69 Å². The first-order valence-electron chi connectivity index (χ1n) is 10.9. The van der Waals surface area contributed by atoms with Crippen LogP contribution in [0.3, 0.4) is 0 Å². The average Bonchev–Trinajstić information content (AvgIpc) is 3.40. The lowest BCUT2D eigenvalue weighted by Gasteiger charge is -2.24. The summed E-state index contributed by atoms with van der Waals surface area (Å²) in [5.41, 5.74) is 2.33. The van der Waals surface area contributed by atoms with Crippen molar-refractivity contribution in [1.82, 2.24) is 19.4 Å². The summed E-state index contributed by atoms with van der Waals surface area (Å²) in [6.07, 6.45) is -0.301. The van der Waals surface area contributed by atoms with Crippen molar-refractivity contribution in [1.29, 1.82) is 5.26 Å². The number of likely N-dealkylation sites (tertiary alicyclic amines) is 1. The van der Waals surface area contributed by atoms with Crippen molar-refractivity contribution >= 4 is 5.91 Å². The van der Waals surface area contributed by atoms with Crippen molar-refractivity contribution in [3.63, 3.8) is 0 Å². The third kappa shape index (κ3) is 5.29. The summed E-state index contributed by atoms with van der Waals surface area (Å²) in [4.78, 5) is 20.8. The Morgan fingerprint density at radius 3 is 2.62 bits per heavy atom. The number of rotatable bonds is 7. The number of amides is 1. The lowest BCUT2D eigenvalue weighted by molar-refractivity contribution is -0.137. The van der Waals surface area contributed by atoms with Gasteiger partial charge in [0.15, 0.2) is 0 Å². The third-order valence-corrected chi connectivity index (χ3v) is 6.07. The molecule has 1 aromatic heterocycles. The van der Waals surface area contributed by atoms with Crippen LogP contribution in [-0.4, -0.2) is 44.9 Å². The van der Waals surface area contributed by atoms with Crippen LogP contribution in [0.4, 0.5) is 13.2 Å². The second kappa shape index (κ2) is 9.69. The third-order valence-electron chi connectivity index (χ3n) is 6.07. The Bertz CT molecular complexity index is 1200. The topological polar surface area (TPSA) is 65.2 Å². The summed E-state index contributed by atoms with van der Waals surface area (Å²) >= 11 is 0. The zero-order valence-electron chi connectivity index (χ0n) is 18.7. The molecular formula is C25H24F3N5O. The van der Waals surface area contributed by atoms with E-state index in [-0.39, 0.29) is 18.5 Å². The van der Waals surface area contributed by atoms with Gasteiger partial charge in [-0.25, -0.2) is 4.98 Å². The van der Waals surface area contributed by atoms with Crippen LogP contribution >= 0.6 is 0 Å². The highest BCUT2D eigenvalue weighted by molar-refractivity contribution is 5.84. The average molecular weight is 467 g/mol. The number of halogens is 3. The molecule has 3 aromatic rings. The van der Waals surface area contributed by atoms with E-state index in [2.05, 4.69) is 11.1 Å². The van der Waals surface area contributed by atoms with Crippen molar-refractivity contribution in [2.75, 3.05) is 13.6 Å². The highest BCUT2D eigenvalue weighted by Gasteiger charge is 2.35. The lowest BCUT2D eigenvalue weighted by atomic mass is 10.1. The molecular weight excluding hydrogens is 443 g/mol. The number of imidazole rings is 1. The van der Waals surface area contributed by atoms with Crippen LogP contribution in [0.5, 0.6) is 0 Å². The summed E-state index contributed by atoms with van der Waals surface area (Å²) in [7, 11) is 1.87. The number of nitriles is 1. The molecule has 1 aliphatic heterocycles. The Morgan fingerprint density at radius 2 is 1.91 bits per heavy atom. The molecule has 1 amide bonds. The molecule has 2 heterocycles. The summed E-state index contributed by atoms with van der Waals surface area (Å²) in [5, 5.41) is 8.95. The van der Waals surface area contributed by atoms with E-state index in [1.54, 1.807) is 35.6 Å². The maximum atomic E-state index is 13.0. The Morgan fingerprint density at radius 1 is 1.15 bits per heavy atom. The zero-order chi connectivity index (χ0) is 24.3. The lowest BCUT2D eigenvalue weighted by Crippen LogP contribution is -2.39. The van der Waals surface area contributed by atoms with Gasteiger partial charge >= 0.3 is 6.18 Å². The van der Waals surface area contributed by atoms with Gasteiger partial charge in [0.1, 0.15) is 0 Å². The molecule has 0 spiro atoms. The predicted octanol–water partition coefficient (Wildman–Crippen LogP) is 4.05. The highest BCUT2D eigenvalue weighted by Crippen LogP contribution is 2.30. The van der Waals surface area contributed by atoms with Gasteiger partial charge < -0.3 is 9.47 Å². The van der Waals surface area contributed by atoms with E-state index in [0.717, 1.165) is 23.4 Å². The van der Waals surface area contributed by atoms with Crippen LogP contribution in [0.15, 0.2) is 61.1 Å². The molecule has 0 N–H and O–H groups in total. The fourth-order valence-electron chi connectivity index (χ4n) is 4.22. The fraction of sp³-hybridized carbons (Fsp3) is 0.320. The van der Waals surface area contributed by atoms with Gasteiger partial charge in [-0.2, -0.15) is 18.4 Å². The molecule has 6 nitrogen and oxygen atoms in total. The van der Waals surface area contributed by atoms with Crippen LogP contribution in [0.25, 0.3) is 0 Å². The molecule has 176 valence electrons. The molecule has 4 rings (SSSR count). The molecule has 0 unspecified atom stereocenters. The summed E-state index contributed by atoms with van der Waals surface area (Å²) in [5.74, 6) is -0.0851. The largest absolute Gasteiger partial charge is 0.416 e. The number of carbonyl (C=O) groups excluding carboxylic acids is 1. The summed E-state index contributed by atoms with van der Waals surface area (Å²) in [6, 6.07) is 14.2. The van der Waals surface area contributed by atoms with E-state index < -0.39 is 11.7 Å². The minimum Gasteiger partial charge on any atom is -0.337 e. The maximum absolute atomic E-state index is 13.0. The van der Waals surface area contributed by atoms with Crippen molar-refractivity contribution in [3.8, 4) is 6.07 Å². The Hall–Kier alpha value is -3.64. The van der Waals surface area contributed by atoms with E-state index in [1.807, 2.05) is 28.6 Å². The first-order valence-corrected chi connectivity index (χ1v) is 10.9. The molecule has 0 radical (unpaired) electrons. The number of carbonyl (C=O) groups is 1. The van der Waals surface area contributed by atoms with E-state index >= 15 is 0 Å². The summed E-state index contributed by atoms with van der Waals surface area (Å²) in [6.45, 7) is 1.75. The van der Waals surface area contributed by atoms with Crippen LogP contribution in [0.1, 0.15) is 34.4 Å². The molecule has 0 saturated carbocycles.